The lowest BCUT2D eigenvalue weighted by Crippen LogP contribution is -2.46. The molecule has 0 radical (unpaired) electrons. The molecule has 1 atom stereocenters. The number of carbonyl (C=O) groups excluding carboxylic acids is 3. The molecule has 2 N–H and O–H groups in total. The van der Waals surface area contributed by atoms with E-state index in [-0.39, 0.29) is 24.3 Å². The summed E-state index contributed by atoms with van der Waals surface area (Å²) in [5, 5.41) is 5.45. The van der Waals surface area contributed by atoms with Crippen LogP contribution in [0, 0.1) is 5.92 Å². The van der Waals surface area contributed by atoms with Crippen molar-refractivity contribution in [3.63, 3.8) is 0 Å². The first-order chi connectivity index (χ1) is 11.4. The van der Waals surface area contributed by atoms with E-state index in [2.05, 4.69) is 10.6 Å². The monoisotopic (exact) mass is 331 g/mol. The molecule has 2 aliphatic rings. The van der Waals surface area contributed by atoms with Gasteiger partial charge < -0.3 is 15.4 Å². The van der Waals surface area contributed by atoms with E-state index in [9.17, 15) is 14.4 Å². The van der Waals surface area contributed by atoms with Crippen molar-refractivity contribution in [2.45, 2.75) is 31.8 Å². The zero-order valence-electron chi connectivity index (χ0n) is 13.8. The second-order valence-corrected chi connectivity index (χ2v) is 6.42. The number of amides is 4. The molecule has 1 aliphatic carbocycles. The average molecular weight is 331 g/mol. The first kappa shape index (κ1) is 16.3. The van der Waals surface area contributed by atoms with Crippen LogP contribution in [0.1, 0.15) is 25.3 Å². The number of rotatable bonds is 6. The maximum atomic E-state index is 12.4. The van der Waals surface area contributed by atoms with E-state index < -0.39 is 11.6 Å². The largest absolute Gasteiger partial charge is 0.497 e. The van der Waals surface area contributed by atoms with Gasteiger partial charge in [0, 0.05) is 6.54 Å². The van der Waals surface area contributed by atoms with Crippen molar-refractivity contribution in [1.29, 1.82) is 0 Å². The third-order valence-electron chi connectivity index (χ3n) is 4.65. The van der Waals surface area contributed by atoms with Gasteiger partial charge in [-0.15, -0.1) is 0 Å². The Bertz CT molecular complexity index is 669. The van der Waals surface area contributed by atoms with Crippen molar-refractivity contribution < 1.29 is 19.1 Å². The van der Waals surface area contributed by atoms with Gasteiger partial charge in [-0.2, -0.15) is 0 Å². The van der Waals surface area contributed by atoms with Crippen LogP contribution in [0.3, 0.4) is 0 Å². The van der Waals surface area contributed by atoms with Crippen LogP contribution in [-0.4, -0.2) is 41.9 Å². The number of benzene rings is 1. The summed E-state index contributed by atoms with van der Waals surface area (Å²) >= 11 is 0. The van der Waals surface area contributed by atoms with Gasteiger partial charge in [0.25, 0.3) is 5.91 Å². The van der Waals surface area contributed by atoms with Crippen LogP contribution >= 0.6 is 0 Å². The average Bonchev–Trinajstić information content (AvgIpc) is 3.40. The number of carbonyl (C=O) groups is 3. The highest BCUT2D eigenvalue weighted by Gasteiger charge is 2.56. The Labute approximate surface area is 140 Å². The van der Waals surface area contributed by atoms with Crippen LogP contribution in [-0.2, 0) is 16.1 Å². The van der Waals surface area contributed by atoms with Gasteiger partial charge >= 0.3 is 6.03 Å². The predicted octanol–water partition coefficient (Wildman–Crippen LogP) is 1.03. The molecule has 7 nitrogen and oxygen atoms in total. The lowest BCUT2D eigenvalue weighted by molar-refractivity contribution is -0.135. The summed E-state index contributed by atoms with van der Waals surface area (Å²) in [6.45, 7) is 1.80. The van der Waals surface area contributed by atoms with E-state index in [0.717, 1.165) is 29.1 Å². The van der Waals surface area contributed by atoms with E-state index in [1.807, 2.05) is 12.1 Å². The topological polar surface area (TPSA) is 87.7 Å². The second kappa shape index (κ2) is 6.14. The molecule has 1 heterocycles. The van der Waals surface area contributed by atoms with Crippen molar-refractivity contribution in [2.75, 3.05) is 13.7 Å². The van der Waals surface area contributed by atoms with E-state index in [1.54, 1.807) is 26.2 Å². The molecule has 3 rings (SSSR count). The Hall–Kier alpha value is -2.57. The number of methoxy groups -OCH3 is 1. The van der Waals surface area contributed by atoms with Crippen LogP contribution in [0.25, 0.3) is 0 Å². The molecule has 0 spiro atoms. The number of urea groups is 1. The summed E-state index contributed by atoms with van der Waals surface area (Å²) in [7, 11) is 1.59. The standard InChI is InChI=1S/C17H21N3O4/c1-17(12-5-6-12)15(22)20(16(23)19-17)10-14(21)18-9-11-3-7-13(24-2)8-4-11/h3-4,7-8,12H,5-6,9-10H2,1-2H3,(H,18,21)(H,19,23)/t17-/m0/s1. The molecule has 7 heteroatoms. The normalized spacial score (nSPS) is 23.2. The van der Waals surface area contributed by atoms with Gasteiger partial charge in [0.15, 0.2) is 0 Å². The zero-order chi connectivity index (χ0) is 17.3. The van der Waals surface area contributed by atoms with Crippen LogP contribution in [0.2, 0.25) is 0 Å². The number of nitrogens with zero attached hydrogens (tertiary/aromatic N) is 1. The fourth-order valence-electron chi connectivity index (χ4n) is 2.94. The SMILES string of the molecule is COc1ccc(CNC(=O)CN2C(=O)N[C@@](C)(C3CC3)C2=O)cc1. The maximum absolute atomic E-state index is 12.4. The van der Waals surface area contributed by atoms with Crippen LogP contribution < -0.4 is 15.4 Å². The minimum atomic E-state index is -0.854. The molecule has 1 aliphatic heterocycles. The quantitative estimate of drug-likeness (QED) is 0.762. The summed E-state index contributed by atoms with van der Waals surface area (Å²) < 4.78 is 5.07. The van der Waals surface area contributed by atoms with E-state index in [4.69, 9.17) is 4.74 Å². The molecule has 1 saturated carbocycles. The molecule has 1 aromatic rings. The Kier molecular flexibility index (Phi) is 4.17. The maximum Gasteiger partial charge on any atom is 0.325 e. The number of hydrogen-bond acceptors (Lipinski definition) is 4. The minimum absolute atomic E-state index is 0.182. The lowest BCUT2D eigenvalue weighted by atomic mass is 9.96. The summed E-state index contributed by atoms with van der Waals surface area (Å²) in [5.74, 6) is 0.244. The highest BCUT2D eigenvalue weighted by atomic mass is 16.5. The third-order valence-corrected chi connectivity index (χ3v) is 4.65. The van der Waals surface area contributed by atoms with Crippen molar-refractivity contribution in [2.24, 2.45) is 5.92 Å². The molecule has 4 amide bonds. The summed E-state index contributed by atoms with van der Waals surface area (Å²) in [5.41, 5.74) is 0.0528. The molecule has 0 aromatic heterocycles. The molecule has 128 valence electrons. The smallest absolute Gasteiger partial charge is 0.325 e. The fraction of sp³-hybridized carbons (Fsp3) is 0.471. The molecule has 0 bridgehead atoms. The third kappa shape index (κ3) is 3.06. The van der Waals surface area contributed by atoms with Gasteiger partial charge in [0.2, 0.25) is 5.91 Å². The molecule has 1 saturated heterocycles. The van der Waals surface area contributed by atoms with Gasteiger partial charge in [-0.05, 0) is 43.4 Å². The Balaban J connectivity index is 1.54. The molecular formula is C17H21N3O4. The molecular weight excluding hydrogens is 310 g/mol. The van der Waals surface area contributed by atoms with Crippen LogP contribution in [0.15, 0.2) is 24.3 Å². The lowest BCUT2D eigenvalue weighted by Gasteiger charge is -2.20. The number of nitrogens with one attached hydrogen (secondary N) is 2. The van der Waals surface area contributed by atoms with Crippen LogP contribution in [0.5, 0.6) is 5.75 Å². The zero-order valence-corrected chi connectivity index (χ0v) is 13.8. The summed E-state index contributed by atoms with van der Waals surface area (Å²) in [6.07, 6.45) is 1.86. The minimum Gasteiger partial charge on any atom is -0.497 e. The van der Waals surface area contributed by atoms with Gasteiger partial charge in [0.05, 0.1) is 7.11 Å². The second-order valence-electron chi connectivity index (χ2n) is 6.42. The van der Waals surface area contributed by atoms with E-state index >= 15 is 0 Å². The number of ether oxygens (including phenoxy) is 1. The van der Waals surface area contributed by atoms with Crippen molar-refractivity contribution in [1.82, 2.24) is 15.5 Å². The van der Waals surface area contributed by atoms with Gasteiger partial charge in [-0.25, -0.2) is 4.79 Å². The number of imide groups is 1. The molecule has 2 fully saturated rings. The molecule has 0 unspecified atom stereocenters. The first-order valence-corrected chi connectivity index (χ1v) is 7.98. The van der Waals surface area contributed by atoms with Crippen molar-refractivity contribution in [3.8, 4) is 5.75 Å². The highest BCUT2D eigenvalue weighted by molar-refractivity contribution is 6.09. The van der Waals surface area contributed by atoms with Gasteiger partial charge in [0.1, 0.15) is 17.8 Å². The molecule has 24 heavy (non-hydrogen) atoms. The fourth-order valence-corrected chi connectivity index (χ4v) is 2.94. The Morgan fingerprint density at radius 2 is 2.00 bits per heavy atom. The van der Waals surface area contributed by atoms with Crippen LogP contribution in [0.4, 0.5) is 4.79 Å². The molecule has 1 aromatic carbocycles. The van der Waals surface area contributed by atoms with Gasteiger partial charge in [-0.1, -0.05) is 12.1 Å². The van der Waals surface area contributed by atoms with Crippen molar-refractivity contribution >= 4 is 17.8 Å². The predicted molar refractivity (Wildman–Crippen MR) is 86.2 cm³/mol. The number of hydrogen-bond donors (Lipinski definition) is 2. The highest BCUT2D eigenvalue weighted by Crippen LogP contribution is 2.42. The van der Waals surface area contributed by atoms with E-state index in [1.165, 1.54) is 0 Å². The van der Waals surface area contributed by atoms with Crippen molar-refractivity contribution in [3.05, 3.63) is 29.8 Å². The first-order valence-electron chi connectivity index (χ1n) is 7.98. The van der Waals surface area contributed by atoms with E-state index in [0.29, 0.717) is 6.54 Å². The summed E-state index contributed by atoms with van der Waals surface area (Å²) in [4.78, 5) is 37.5. The Morgan fingerprint density at radius 3 is 2.58 bits per heavy atom. The summed E-state index contributed by atoms with van der Waals surface area (Å²) in [6, 6.07) is 6.81. The Morgan fingerprint density at radius 1 is 1.33 bits per heavy atom. The van der Waals surface area contributed by atoms with Gasteiger partial charge in [-0.3, -0.25) is 14.5 Å².